The van der Waals surface area contributed by atoms with Crippen LogP contribution in [-0.4, -0.2) is 34.5 Å². The summed E-state index contributed by atoms with van der Waals surface area (Å²) in [6, 6.07) is 10.4. The molecule has 1 aliphatic carbocycles. The minimum atomic E-state index is 0.505. The van der Waals surface area contributed by atoms with Gasteiger partial charge in [-0.1, -0.05) is 25.1 Å². The van der Waals surface area contributed by atoms with Crippen molar-refractivity contribution in [1.29, 1.82) is 0 Å². The number of hydrogen-bond acceptors (Lipinski definition) is 4. The minimum absolute atomic E-state index is 0.505. The van der Waals surface area contributed by atoms with Crippen molar-refractivity contribution >= 4 is 17.7 Å². The van der Waals surface area contributed by atoms with Gasteiger partial charge >= 0.3 is 0 Å². The van der Waals surface area contributed by atoms with E-state index in [1.54, 1.807) is 6.26 Å². The Bertz CT molecular complexity index is 701. The van der Waals surface area contributed by atoms with E-state index >= 15 is 0 Å². The molecule has 1 aliphatic rings. The van der Waals surface area contributed by atoms with Gasteiger partial charge in [0.05, 0.1) is 6.54 Å². The quantitative estimate of drug-likeness (QED) is 0.567. The van der Waals surface area contributed by atoms with E-state index in [4.69, 9.17) is 9.41 Å². The fraction of sp³-hybridized carbons (Fsp3) is 0.500. The highest BCUT2D eigenvalue weighted by atomic mass is 32.2. The maximum absolute atomic E-state index is 5.59. The van der Waals surface area contributed by atoms with Gasteiger partial charge in [-0.05, 0) is 44.1 Å². The molecular weight excluding hydrogens is 344 g/mol. The molecule has 2 unspecified atom stereocenters. The van der Waals surface area contributed by atoms with Crippen LogP contribution in [0.25, 0.3) is 11.5 Å². The van der Waals surface area contributed by atoms with E-state index < -0.39 is 0 Å². The normalized spacial score (nSPS) is 20.3. The van der Waals surface area contributed by atoms with Gasteiger partial charge in [0.15, 0.2) is 5.96 Å². The number of benzene rings is 1. The lowest BCUT2D eigenvalue weighted by atomic mass is 10.2. The third-order valence-corrected chi connectivity index (χ3v) is 5.68. The molecule has 0 radical (unpaired) electrons. The Morgan fingerprint density at radius 1 is 1.27 bits per heavy atom. The Morgan fingerprint density at radius 2 is 2.12 bits per heavy atom. The van der Waals surface area contributed by atoms with Crippen LogP contribution in [0.1, 0.15) is 38.8 Å². The summed E-state index contributed by atoms with van der Waals surface area (Å²) in [5.74, 6) is 2.70. The van der Waals surface area contributed by atoms with Gasteiger partial charge < -0.3 is 15.1 Å². The number of rotatable bonds is 7. The molecule has 1 heterocycles. The summed E-state index contributed by atoms with van der Waals surface area (Å²) in [4.78, 5) is 9.24. The standard InChI is InChI=1S/C20H28N4OS/c1-3-21-20(24-16-10-11-18(12-16)26-4-2)22-13-17-14-25-19(23-17)15-8-6-5-7-9-15/h5-9,14,16,18H,3-4,10-13H2,1-2H3,(H2,21,22,24). The highest BCUT2D eigenvalue weighted by Gasteiger charge is 2.25. The monoisotopic (exact) mass is 372 g/mol. The third-order valence-electron chi connectivity index (χ3n) is 4.44. The van der Waals surface area contributed by atoms with Crippen molar-refractivity contribution in [3.05, 3.63) is 42.3 Å². The van der Waals surface area contributed by atoms with Gasteiger partial charge in [0.1, 0.15) is 12.0 Å². The zero-order valence-electron chi connectivity index (χ0n) is 15.6. The number of nitrogens with zero attached hydrogens (tertiary/aromatic N) is 2. The second-order valence-corrected chi connectivity index (χ2v) is 8.01. The Balaban J connectivity index is 1.58. The molecule has 1 aromatic heterocycles. The molecule has 1 fully saturated rings. The van der Waals surface area contributed by atoms with Gasteiger partial charge in [0.2, 0.25) is 5.89 Å². The third kappa shape index (κ3) is 5.27. The van der Waals surface area contributed by atoms with Crippen LogP contribution in [0.2, 0.25) is 0 Å². The van der Waals surface area contributed by atoms with Crippen molar-refractivity contribution < 1.29 is 4.42 Å². The van der Waals surface area contributed by atoms with Crippen molar-refractivity contribution in [1.82, 2.24) is 15.6 Å². The number of hydrogen-bond donors (Lipinski definition) is 2. The largest absolute Gasteiger partial charge is 0.444 e. The topological polar surface area (TPSA) is 62.5 Å². The fourth-order valence-electron chi connectivity index (χ4n) is 3.22. The summed E-state index contributed by atoms with van der Waals surface area (Å²) in [5.41, 5.74) is 1.82. The van der Waals surface area contributed by atoms with Crippen LogP contribution in [0.15, 0.2) is 46.0 Å². The molecule has 0 amide bonds. The molecule has 3 rings (SSSR count). The van der Waals surface area contributed by atoms with Gasteiger partial charge in [0.25, 0.3) is 0 Å². The van der Waals surface area contributed by atoms with Crippen LogP contribution in [0.5, 0.6) is 0 Å². The maximum atomic E-state index is 5.59. The zero-order valence-corrected chi connectivity index (χ0v) is 16.4. The van der Waals surface area contributed by atoms with Crippen LogP contribution in [0.3, 0.4) is 0 Å². The summed E-state index contributed by atoms with van der Waals surface area (Å²) in [6.07, 6.45) is 5.41. The van der Waals surface area contributed by atoms with Crippen LogP contribution < -0.4 is 10.6 Å². The van der Waals surface area contributed by atoms with E-state index in [2.05, 4.69) is 41.2 Å². The zero-order chi connectivity index (χ0) is 18.2. The van der Waals surface area contributed by atoms with E-state index in [0.717, 1.165) is 29.0 Å². The van der Waals surface area contributed by atoms with Gasteiger partial charge in [0, 0.05) is 23.4 Å². The van der Waals surface area contributed by atoms with Gasteiger partial charge in [-0.2, -0.15) is 11.8 Å². The van der Waals surface area contributed by atoms with E-state index in [1.165, 1.54) is 25.0 Å². The SMILES string of the molecule is CCNC(=NCc1coc(-c2ccccc2)n1)NC1CCC(SCC)C1. The van der Waals surface area contributed by atoms with E-state index in [1.807, 2.05) is 30.3 Å². The van der Waals surface area contributed by atoms with Crippen molar-refractivity contribution in [3.8, 4) is 11.5 Å². The Kier molecular flexibility index (Phi) is 7.00. The van der Waals surface area contributed by atoms with Crippen LogP contribution >= 0.6 is 11.8 Å². The molecular formula is C20H28N4OS. The fourth-order valence-corrected chi connectivity index (χ4v) is 4.37. The Labute approximate surface area is 160 Å². The van der Waals surface area contributed by atoms with Crippen molar-refractivity contribution in [2.75, 3.05) is 12.3 Å². The summed E-state index contributed by atoms with van der Waals surface area (Å²) >= 11 is 2.07. The molecule has 1 aromatic carbocycles. The van der Waals surface area contributed by atoms with Crippen LogP contribution in [-0.2, 0) is 6.54 Å². The molecule has 2 atom stereocenters. The predicted octanol–water partition coefficient (Wildman–Crippen LogP) is 4.07. The molecule has 0 saturated heterocycles. The maximum Gasteiger partial charge on any atom is 0.226 e. The summed E-state index contributed by atoms with van der Waals surface area (Å²) in [5, 5.41) is 7.70. The molecule has 26 heavy (non-hydrogen) atoms. The molecule has 2 aromatic rings. The Morgan fingerprint density at radius 3 is 2.88 bits per heavy atom. The number of oxazole rings is 1. The van der Waals surface area contributed by atoms with Crippen LogP contribution in [0.4, 0.5) is 0 Å². The summed E-state index contributed by atoms with van der Waals surface area (Å²) in [6.45, 7) is 5.68. The Hall–Kier alpha value is -1.95. The van der Waals surface area contributed by atoms with Gasteiger partial charge in [-0.3, -0.25) is 0 Å². The molecule has 5 nitrogen and oxygen atoms in total. The number of thioether (sulfide) groups is 1. The lowest BCUT2D eigenvalue weighted by Crippen LogP contribution is -2.42. The lowest BCUT2D eigenvalue weighted by Gasteiger charge is -2.17. The van der Waals surface area contributed by atoms with Crippen molar-refractivity contribution in [2.24, 2.45) is 4.99 Å². The molecule has 0 spiro atoms. The highest BCUT2D eigenvalue weighted by Crippen LogP contribution is 2.29. The van der Waals surface area contributed by atoms with Crippen molar-refractivity contribution in [2.45, 2.75) is 50.9 Å². The molecule has 2 N–H and O–H groups in total. The summed E-state index contributed by atoms with van der Waals surface area (Å²) in [7, 11) is 0. The molecule has 0 aliphatic heterocycles. The first kappa shape index (κ1) is 18.8. The van der Waals surface area contributed by atoms with Crippen molar-refractivity contribution in [3.63, 3.8) is 0 Å². The smallest absolute Gasteiger partial charge is 0.226 e. The number of guanidine groups is 1. The molecule has 1 saturated carbocycles. The number of aliphatic imine (C=N–C) groups is 1. The van der Waals surface area contributed by atoms with E-state index in [-0.39, 0.29) is 0 Å². The average Bonchev–Trinajstić information content (AvgIpc) is 3.31. The first-order chi connectivity index (χ1) is 12.8. The molecule has 6 heteroatoms. The number of aromatic nitrogens is 1. The highest BCUT2D eigenvalue weighted by molar-refractivity contribution is 7.99. The minimum Gasteiger partial charge on any atom is -0.444 e. The summed E-state index contributed by atoms with van der Waals surface area (Å²) < 4.78 is 5.59. The van der Waals surface area contributed by atoms with E-state index in [0.29, 0.717) is 18.5 Å². The first-order valence-electron chi connectivity index (χ1n) is 9.44. The lowest BCUT2D eigenvalue weighted by molar-refractivity contribution is 0.572. The van der Waals surface area contributed by atoms with E-state index in [9.17, 15) is 0 Å². The predicted molar refractivity (Wildman–Crippen MR) is 109 cm³/mol. The number of nitrogens with one attached hydrogen (secondary N) is 2. The first-order valence-corrected chi connectivity index (χ1v) is 10.5. The molecule has 0 bridgehead atoms. The van der Waals surface area contributed by atoms with Gasteiger partial charge in [-0.15, -0.1) is 0 Å². The molecule has 140 valence electrons. The van der Waals surface area contributed by atoms with Crippen LogP contribution in [0, 0.1) is 0 Å². The second-order valence-electron chi connectivity index (χ2n) is 6.44. The van der Waals surface area contributed by atoms with Gasteiger partial charge in [-0.25, -0.2) is 9.98 Å². The second kappa shape index (κ2) is 9.67. The average molecular weight is 373 g/mol.